The highest BCUT2D eigenvalue weighted by atomic mass is 16.6. The van der Waals surface area contributed by atoms with E-state index in [2.05, 4.69) is 74.2 Å². The maximum Gasteiger partial charge on any atom is 0.340 e. The quantitative estimate of drug-likeness (QED) is 0.173. The lowest BCUT2D eigenvalue weighted by Gasteiger charge is -2.32. The van der Waals surface area contributed by atoms with E-state index in [1.165, 1.54) is 5.69 Å². The Bertz CT molecular complexity index is 1810. The SMILES string of the molecule is C=Cc1cc(N(CC)CC)ccc1COc1ccccc1C1(c2c(C)n(C)c3ccccc23)OC(=O)c2ccccc21. The van der Waals surface area contributed by atoms with Crippen molar-refractivity contribution < 1.29 is 14.3 Å². The Morgan fingerprint density at radius 1 is 0.929 bits per heavy atom. The number of anilines is 1. The Balaban J connectivity index is 1.51. The highest BCUT2D eigenvalue weighted by Crippen LogP contribution is 2.53. The minimum absolute atomic E-state index is 0.339. The molecule has 0 aliphatic carbocycles. The molecule has 0 fully saturated rings. The molecule has 6 rings (SSSR count). The van der Waals surface area contributed by atoms with E-state index in [-0.39, 0.29) is 5.97 Å². The smallest absolute Gasteiger partial charge is 0.340 e. The molecule has 0 radical (unpaired) electrons. The largest absolute Gasteiger partial charge is 0.488 e. The second-order valence-corrected chi connectivity index (χ2v) is 10.7. The van der Waals surface area contributed by atoms with Gasteiger partial charge in [0.15, 0.2) is 5.60 Å². The van der Waals surface area contributed by atoms with Gasteiger partial charge in [-0.15, -0.1) is 0 Å². The van der Waals surface area contributed by atoms with Gasteiger partial charge < -0.3 is 18.9 Å². The van der Waals surface area contributed by atoms with Crippen molar-refractivity contribution in [2.75, 3.05) is 18.0 Å². The van der Waals surface area contributed by atoms with Crippen LogP contribution in [0.5, 0.6) is 5.75 Å². The van der Waals surface area contributed by atoms with Crippen molar-refractivity contribution in [3.05, 3.63) is 137 Å². The first-order chi connectivity index (χ1) is 20.4. The number of ether oxygens (including phenoxy) is 2. The minimum atomic E-state index is -1.18. The number of rotatable bonds is 9. The fourth-order valence-corrected chi connectivity index (χ4v) is 6.43. The third-order valence-corrected chi connectivity index (χ3v) is 8.65. The number of carbonyl (C=O) groups is 1. The number of hydrogen-bond donors (Lipinski definition) is 0. The first-order valence-electron chi connectivity index (χ1n) is 14.5. The molecule has 0 bridgehead atoms. The molecule has 1 unspecified atom stereocenters. The topological polar surface area (TPSA) is 43.7 Å². The normalized spacial score (nSPS) is 15.9. The Kier molecular flexibility index (Phi) is 7.11. The van der Waals surface area contributed by atoms with Gasteiger partial charge in [-0.3, -0.25) is 0 Å². The van der Waals surface area contributed by atoms with Gasteiger partial charge in [-0.05, 0) is 62.2 Å². The molecule has 212 valence electrons. The number of esters is 1. The summed E-state index contributed by atoms with van der Waals surface area (Å²) in [6.07, 6.45) is 1.88. The highest BCUT2D eigenvalue weighted by Gasteiger charge is 2.52. The minimum Gasteiger partial charge on any atom is -0.488 e. The molecule has 0 saturated carbocycles. The van der Waals surface area contributed by atoms with Crippen LogP contribution in [-0.4, -0.2) is 23.6 Å². The highest BCUT2D eigenvalue weighted by molar-refractivity contribution is 5.99. The number of para-hydroxylation sites is 2. The molecule has 0 N–H and O–H groups in total. The lowest BCUT2D eigenvalue weighted by atomic mass is 9.78. The van der Waals surface area contributed by atoms with Gasteiger partial charge in [0.1, 0.15) is 12.4 Å². The Labute approximate surface area is 247 Å². The van der Waals surface area contributed by atoms with Crippen molar-refractivity contribution in [3.63, 3.8) is 0 Å². The molecule has 2 heterocycles. The van der Waals surface area contributed by atoms with E-state index in [4.69, 9.17) is 9.47 Å². The molecular weight excluding hydrogens is 520 g/mol. The maximum absolute atomic E-state index is 13.5. The van der Waals surface area contributed by atoms with Gasteiger partial charge in [0.25, 0.3) is 0 Å². The van der Waals surface area contributed by atoms with E-state index >= 15 is 0 Å². The van der Waals surface area contributed by atoms with Crippen molar-refractivity contribution in [2.24, 2.45) is 7.05 Å². The zero-order valence-electron chi connectivity index (χ0n) is 24.7. The Morgan fingerprint density at radius 2 is 1.62 bits per heavy atom. The van der Waals surface area contributed by atoms with Gasteiger partial charge in [0, 0.05) is 59.1 Å². The monoisotopic (exact) mass is 556 g/mol. The number of fused-ring (bicyclic) bond motifs is 2. The summed E-state index contributed by atoms with van der Waals surface area (Å²) in [5.74, 6) is 0.325. The van der Waals surface area contributed by atoms with Crippen molar-refractivity contribution >= 4 is 28.6 Å². The fraction of sp³-hybridized carbons (Fsp3) is 0.216. The van der Waals surface area contributed by atoms with Crippen LogP contribution in [0.15, 0.2) is 97.6 Å². The molecule has 4 aromatic carbocycles. The van der Waals surface area contributed by atoms with Crippen molar-refractivity contribution in [3.8, 4) is 5.75 Å². The van der Waals surface area contributed by atoms with Crippen LogP contribution >= 0.6 is 0 Å². The van der Waals surface area contributed by atoms with Crippen LogP contribution in [0.1, 0.15) is 57.7 Å². The van der Waals surface area contributed by atoms with Crippen LogP contribution in [0.25, 0.3) is 17.0 Å². The van der Waals surface area contributed by atoms with Gasteiger partial charge in [0.2, 0.25) is 0 Å². The molecule has 42 heavy (non-hydrogen) atoms. The number of aryl methyl sites for hydroxylation is 1. The zero-order chi connectivity index (χ0) is 29.4. The second kappa shape index (κ2) is 10.9. The maximum atomic E-state index is 13.5. The Hall–Kier alpha value is -4.77. The second-order valence-electron chi connectivity index (χ2n) is 10.7. The summed E-state index contributed by atoms with van der Waals surface area (Å²) in [7, 11) is 2.05. The number of hydrogen-bond acceptors (Lipinski definition) is 4. The molecule has 1 aliphatic rings. The summed E-state index contributed by atoms with van der Waals surface area (Å²) < 4.78 is 15.3. The summed E-state index contributed by atoms with van der Waals surface area (Å²) in [5.41, 5.74) is 7.30. The first kappa shape index (κ1) is 27.4. The van der Waals surface area contributed by atoms with Crippen LogP contribution < -0.4 is 9.64 Å². The van der Waals surface area contributed by atoms with Crippen molar-refractivity contribution in [2.45, 2.75) is 33.0 Å². The fourth-order valence-electron chi connectivity index (χ4n) is 6.43. The summed E-state index contributed by atoms with van der Waals surface area (Å²) in [5, 5.41) is 1.04. The van der Waals surface area contributed by atoms with E-state index in [1.54, 1.807) is 0 Å². The van der Waals surface area contributed by atoms with Gasteiger partial charge in [-0.2, -0.15) is 0 Å². The van der Waals surface area contributed by atoms with E-state index < -0.39 is 5.60 Å². The van der Waals surface area contributed by atoms with E-state index in [0.717, 1.165) is 57.5 Å². The van der Waals surface area contributed by atoms with Crippen LogP contribution in [0.4, 0.5) is 5.69 Å². The number of cyclic esters (lactones) is 1. The molecular formula is C37H36N2O3. The lowest BCUT2D eigenvalue weighted by Crippen LogP contribution is -2.31. The van der Waals surface area contributed by atoms with Crippen LogP contribution in [0.3, 0.4) is 0 Å². The summed E-state index contributed by atoms with van der Waals surface area (Å²) in [4.78, 5) is 15.8. The van der Waals surface area contributed by atoms with Crippen LogP contribution in [-0.2, 0) is 24.0 Å². The van der Waals surface area contributed by atoms with Gasteiger partial charge in [-0.1, -0.05) is 73.3 Å². The molecule has 1 atom stereocenters. The number of carbonyl (C=O) groups excluding carboxylic acids is 1. The first-order valence-corrected chi connectivity index (χ1v) is 14.5. The standard InChI is InChI=1S/C37H36N2O3/c1-6-26-23-28(39(7-2)8-3)22-21-27(26)24-41-34-20-14-12-18-32(34)37(31-17-11-9-15-29(31)36(40)42-37)35-25(4)38(5)33-19-13-10-16-30(33)35/h6,9-23H,1,7-8,24H2,2-5H3. The predicted molar refractivity (Wildman–Crippen MR) is 170 cm³/mol. The summed E-state index contributed by atoms with van der Waals surface area (Å²) in [6, 6.07) is 30.3. The van der Waals surface area contributed by atoms with Gasteiger partial charge in [-0.25, -0.2) is 4.79 Å². The molecule has 5 aromatic rings. The molecule has 1 aromatic heterocycles. The molecule has 0 amide bonds. The number of benzene rings is 4. The average Bonchev–Trinajstić information content (AvgIpc) is 3.47. The number of nitrogens with zero attached hydrogens (tertiary/aromatic N) is 2. The molecule has 1 aliphatic heterocycles. The number of aromatic nitrogens is 1. The third-order valence-electron chi connectivity index (χ3n) is 8.65. The van der Waals surface area contributed by atoms with E-state index in [9.17, 15) is 4.79 Å². The lowest BCUT2D eigenvalue weighted by molar-refractivity contribution is 0.0245. The molecule has 0 saturated heterocycles. The van der Waals surface area contributed by atoms with E-state index in [0.29, 0.717) is 17.9 Å². The predicted octanol–water partition coefficient (Wildman–Crippen LogP) is 8.02. The average molecular weight is 557 g/mol. The molecule has 5 heteroatoms. The van der Waals surface area contributed by atoms with E-state index in [1.807, 2.05) is 66.7 Å². The summed E-state index contributed by atoms with van der Waals surface area (Å²) >= 11 is 0. The third kappa shape index (κ3) is 4.19. The van der Waals surface area contributed by atoms with Crippen molar-refractivity contribution in [1.29, 1.82) is 0 Å². The van der Waals surface area contributed by atoms with Gasteiger partial charge in [0.05, 0.1) is 5.56 Å². The Morgan fingerprint density at radius 3 is 2.38 bits per heavy atom. The molecule has 0 spiro atoms. The van der Waals surface area contributed by atoms with Gasteiger partial charge >= 0.3 is 5.97 Å². The summed E-state index contributed by atoms with van der Waals surface area (Å²) in [6.45, 7) is 12.7. The van der Waals surface area contributed by atoms with Crippen molar-refractivity contribution in [1.82, 2.24) is 4.57 Å². The molecule has 5 nitrogen and oxygen atoms in total. The van der Waals surface area contributed by atoms with Crippen LogP contribution in [0, 0.1) is 6.92 Å². The van der Waals surface area contributed by atoms with Crippen LogP contribution in [0.2, 0.25) is 0 Å². The zero-order valence-corrected chi connectivity index (χ0v) is 24.7.